The molecule has 0 unspecified atom stereocenters. The summed E-state index contributed by atoms with van der Waals surface area (Å²) >= 11 is 12.0. The number of rotatable bonds is 7. The highest BCUT2D eigenvalue weighted by Gasteiger charge is 2.09. The maximum Gasteiger partial charge on any atom is 0.257 e. The van der Waals surface area contributed by atoms with Gasteiger partial charge in [0.2, 0.25) is 0 Å². The third kappa shape index (κ3) is 5.05. The van der Waals surface area contributed by atoms with E-state index < -0.39 is 0 Å². The molecule has 0 fully saturated rings. The fraction of sp³-hybridized carbons (Fsp3) is 0.235. The highest BCUT2D eigenvalue weighted by molar-refractivity contribution is 6.37. The molecule has 0 saturated carbocycles. The molecule has 0 saturated heterocycles. The predicted molar refractivity (Wildman–Crippen MR) is 91.7 cm³/mol. The summed E-state index contributed by atoms with van der Waals surface area (Å²) in [6.07, 6.45) is 0.669. The first kappa shape index (κ1) is 17.4. The minimum atomic E-state index is -0.240. The summed E-state index contributed by atoms with van der Waals surface area (Å²) in [5.41, 5.74) is 1.03. The van der Waals surface area contributed by atoms with Gasteiger partial charge >= 0.3 is 0 Å². The molecule has 0 radical (unpaired) electrons. The molecule has 2 aromatic rings. The van der Waals surface area contributed by atoms with Crippen molar-refractivity contribution in [3.8, 4) is 11.5 Å². The Morgan fingerprint density at radius 1 is 1.09 bits per heavy atom. The molecule has 1 amide bonds. The zero-order chi connectivity index (χ0) is 16.7. The maximum absolute atomic E-state index is 11.8. The van der Waals surface area contributed by atoms with E-state index in [1.807, 2.05) is 24.3 Å². The number of carbonyl (C=O) groups excluding carboxylic acids is 1. The van der Waals surface area contributed by atoms with Gasteiger partial charge in [-0.15, -0.1) is 0 Å². The summed E-state index contributed by atoms with van der Waals surface area (Å²) in [6.45, 7) is 0.341. The normalized spacial score (nSPS) is 10.2. The molecule has 4 nitrogen and oxygen atoms in total. The summed E-state index contributed by atoms with van der Waals surface area (Å²) in [4.78, 5) is 11.8. The molecular weight excluding hydrogens is 337 g/mol. The van der Waals surface area contributed by atoms with Crippen LogP contribution in [-0.2, 0) is 11.2 Å². The summed E-state index contributed by atoms with van der Waals surface area (Å²) in [6, 6.07) is 12.7. The van der Waals surface area contributed by atoms with E-state index in [-0.39, 0.29) is 12.5 Å². The fourth-order valence-corrected chi connectivity index (χ4v) is 2.56. The molecular formula is C17H17Cl2NO3. The Bertz CT molecular complexity index is 656. The Labute approximate surface area is 145 Å². The van der Waals surface area contributed by atoms with Gasteiger partial charge in [-0.25, -0.2) is 0 Å². The van der Waals surface area contributed by atoms with Crippen molar-refractivity contribution in [2.45, 2.75) is 6.42 Å². The van der Waals surface area contributed by atoms with E-state index in [1.165, 1.54) is 0 Å². The van der Waals surface area contributed by atoms with Crippen LogP contribution in [0.4, 0.5) is 0 Å². The van der Waals surface area contributed by atoms with Crippen molar-refractivity contribution >= 4 is 29.1 Å². The average Bonchev–Trinajstić information content (AvgIpc) is 2.55. The van der Waals surface area contributed by atoms with Crippen LogP contribution in [0, 0.1) is 0 Å². The molecule has 0 spiro atoms. The van der Waals surface area contributed by atoms with E-state index in [2.05, 4.69) is 5.32 Å². The second kappa shape index (κ2) is 8.65. The zero-order valence-corrected chi connectivity index (χ0v) is 14.2. The quantitative estimate of drug-likeness (QED) is 0.824. The molecule has 2 rings (SSSR count). The molecule has 1 N–H and O–H groups in total. The molecule has 6 heteroatoms. The zero-order valence-electron chi connectivity index (χ0n) is 12.6. The van der Waals surface area contributed by atoms with Gasteiger partial charge in [-0.05, 0) is 30.2 Å². The van der Waals surface area contributed by atoms with Gasteiger partial charge in [0, 0.05) is 6.54 Å². The maximum atomic E-state index is 11.8. The minimum absolute atomic E-state index is 0.143. The summed E-state index contributed by atoms with van der Waals surface area (Å²) < 4.78 is 10.6. The summed E-state index contributed by atoms with van der Waals surface area (Å²) in [5.74, 6) is 0.882. The molecule has 0 bridgehead atoms. The summed E-state index contributed by atoms with van der Waals surface area (Å²) in [5, 5.41) is 3.53. The van der Waals surface area contributed by atoms with Crippen molar-refractivity contribution in [2.24, 2.45) is 0 Å². The Morgan fingerprint density at radius 2 is 1.78 bits per heavy atom. The Balaban J connectivity index is 1.79. The second-order valence-electron chi connectivity index (χ2n) is 4.75. The smallest absolute Gasteiger partial charge is 0.257 e. The molecule has 0 aromatic heterocycles. The van der Waals surface area contributed by atoms with Crippen molar-refractivity contribution in [3.63, 3.8) is 0 Å². The molecule has 23 heavy (non-hydrogen) atoms. The minimum Gasteiger partial charge on any atom is -0.496 e. The van der Waals surface area contributed by atoms with Crippen LogP contribution in [0.25, 0.3) is 0 Å². The second-order valence-corrected chi connectivity index (χ2v) is 5.57. The fourth-order valence-electron chi connectivity index (χ4n) is 2.06. The van der Waals surface area contributed by atoms with Crippen LogP contribution in [0.15, 0.2) is 42.5 Å². The van der Waals surface area contributed by atoms with Crippen LogP contribution in [0.3, 0.4) is 0 Å². The van der Waals surface area contributed by atoms with Crippen LogP contribution in [0.2, 0.25) is 10.0 Å². The van der Waals surface area contributed by atoms with Gasteiger partial charge in [-0.2, -0.15) is 0 Å². The van der Waals surface area contributed by atoms with Crippen LogP contribution in [0.1, 0.15) is 5.56 Å². The lowest BCUT2D eigenvalue weighted by Gasteiger charge is -2.11. The molecule has 0 aliphatic heterocycles. The number of ether oxygens (including phenoxy) is 2. The summed E-state index contributed by atoms with van der Waals surface area (Å²) in [7, 11) is 1.62. The molecule has 0 aliphatic carbocycles. The highest BCUT2D eigenvalue weighted by atomic mass is 35.5. The first-order chi connectivity index (χ1) is 11.1. The number of hydrogen-bond acceptors (Lipinski definition) is 3. The number of halogens is 2. The van der Waals surface area contributed by atoms with E-state index in [4.69, 9.17) is 32.7 Å². The van der Waals surface area contributed by atoms with Gasteiger partial charge < -0.3 is 14.8 Å². The van der Waals surface area contributed by atoms with Crippen molar-refractivity contribution in [1.82, 2.24) is 5.32 Å². The lowest BCUT2D eigenvalue weighted by molar-refractivity contribution is -0.123. The topological polar surface area (TPSA) is 47.6 Å². The van der Waals surface area contributed by atoms with E-state index in [0.29, 0.717) is 28.8 Å². The van der Waals surface area contributed by atoms with Crippen LogP contribution in [0.5, 0.6) is 11.5 Å². The van der Waals surface area contributed by atoms with Gasteiger partial charge in [0.25, 0.3) is 5.91 Å². The van der Waals surface area contributed by atoms with E-state index >= 15 is 0 Å². The number of carbonyl (C=O) groups is 1. The van der Waals surface area contributed by atoms with E-state index in [0.717, 1.165) is 11.3 Å². The van der Waals surface area contributed by atoms with E-state index in [9.17, 15) is 4.79 Å². The van der Waals surface area contributed by atoms with Crippen molar-refractivity contribution in [1.29, 1.82) is 0 Å². The largest absolute Gasteiger partial charge is 0.496 e. The molecule has 2 aromatic carbocycles. The monoisotopic (exact) mass is 353 g/mol. The lowest BCUT2D eigenvalue weighted by atomic mass is 10.1. The lowest BCUT2D eigenvalue weighted by Crippen LogP contribution is -2.30. The van der Waals surface area contributed by atoms with Crippen molar-refractivity contribution in [3.05, 3.63) is 58.1 Å². The Hall–Kier alpha value is -1.91. The Kier molecular flexibility index (Phi) is 6.56. The van der Waals surface area contributed by atoms with Gasteiger partial charge in [-0.1, -0.05) is 47.5 Å². The third-order valence-electron chi connectivity index (χ3n) is 3.18. The number of para-hydroxylation sites is 2. The van der Waals surface area contributed by atoms with Gasteiger partial charge in [0.15, 0.2) is 12.4 Å². The third-order valence-corrected chi connectivity index (χ3v) is 3.77. The number of hydrogen-bond donors (Lipinski definition) is 1. The SMILES string of the molecule is COc1ccccc1CCNC(=O)COc1c(Cl)cccc1Cl. The first-order valence-electron chi connectivity index (χ1n) is 7.07. The highest BCUT2D eigenvalue weighted by Crippen LogP contribution is 2.32. The average molecular weight is 354 g/mol. The van der Waals surface area contributed by atoms with Crippen LogP contribution >= 0.6 is 23.2 Å². The molecule has 0 heterocycles. The van der Waals surface area contributed by atoms with Crippen LogP contribution < -0.4 is 14.8 Å². The van der Waals surface area contributed by atoms with Gasteiger partial charge in [0.1, 0.15) is 5.75 Å². The van der Waals surface area contributed by atoms with Gasteiger partial charge in [-0.3, -0.25) is 4.79 Å². The van der Waals surface area contributed by atoms with E-state index in [1.54, 1.807) is 25.3 Å². The Morgan fingerprint density at radius 3 is 2.48 bits per heavy atom. The standard InChI is InChI=1S/C17H17Cl2NO3/c1-22-15-8-3-2-5-12(15)9-10-20-16(21)11-23-17-13(18)6-4-7-14(17)19/h2-8H,9-11H2,1H3,(H,20,21). The number of benzene rings is 2. The molecule has 122 valence electrons. The molecule has 0 aliphatic rings. The first-order valence-corrected chi connectivity index (χ1v) is 7.83. The number of methoxy groups -OCH3 is 1. The number of amides is 1. The predicted octanol–water partition coefficient (Wildman–Crippen LogP) is 3.74. The van der Waals surface area contributed by atoms with Crippen LogP contribution in [-0.4, -0.2) is 26.2 Å². The van der Waals surface area contributed by atoms with Crippen molar-refractivity contribution in [2.75, 3.05) is 20.3 Å². The number of nitrogens with one attached hydrogen (secondary N) is 1. The molecule has 0 atom stereocenters. The van der Waals surface area contributed by atoms with Crippen molar-refractivity contribution < 1.29 is 14.3 Å². The van der Waals surface area contributed by atoms with Gasteiger partial charge in [0.05, 0.1) is 17.2 Å².